The van der Waals surface area contributed by atoms with Gasteiger partial charge in [-0.2, -0.15) is 0 Å². The zero-order chi connectivity index (χ0) is 31.7. The van der Waals surface area contributed by atoms with Gasteiger partial charge >= 0.3 is 5.97 Å². The highest BCUT2D eigenvalue weighted by Crippen LogP contribution is 2.36. The minimum atomic E-state index is -3.98. The molecule has 2 N–H and O–H groups in total. The summed E-state index contributed by atoms with van der Waals surface area (Å²) in [5.74, 6) is -0.382. The molecule has 0 radical (unpaired) electrons. The lowest BCUT2D eigenvalue weighted by Gasteiger charge is -2.21. The number of sulfonamides is 1. The maximum Gasteiger partial charge on any atom is 0.335 e. The minimum absolute atomic E-state index is 0.0110. The predicted molar refractivity (Wildman–Crippen MR) is 172 cm³/mol. The lowest BCUT2D eigenvalue weighted by Crippen LogP contribution is -2.14. The molecule has 0 saturated carbocycles. The molecule has 0 amide bonds. The number of nitrogens with zero attached hydrogens (tertiary/aromatic N) is 2. The average molecular weight is 622 g/mol. The molecule has 228 valence electrons. The molecule has 6 aromatic rings. The van der Waals surface area contributed by atoms with E-state index in [2.05, 4.69) is 44.9 Å². The number of methoxy groups -OCH3 is 1. The Morgan fingerprint density at radius 3 is 2.18 bits per heavy atom. The van der Waals surface area contributed by atoms with Gasteiger partial charge in [0.1, 0.15) is 11.4 Å². The van der Waals surface area contributed by atoms with E-state index in [1.54, 1.807) is 32.0 Å². The van der Waals surface area contributed by atoms with E-state index in [4.69, 9.17) is 9.26 Å². The van der Waals surface area contributed by atoms with Crippen molar-refractivity contribution >= 4 is 32.6 Å². The van der Waals surface area contributed by atoms with Gasteiger partial charge in [0.2, 0.25) is 0 Å². The van der Waals surface area contributed by atoms with Crippen LogP contribution in [0.25, 0.3) is 10.9 Å². The van der Waals surface area contributed by atoms with Gasteiger partial charge in [-0.1, -0.05) is 71.9 Å². The Hall–Kier alpha value is -5.35. The Bertz CT molecular complexity index is 2060. The normalized spacial score (nSPS) is 11.6. The van der Waals surface area contributed by atoms with E-state index in [9.17, 15) is 18.3 Å². The van der Waals surface area contributed by atoms with Crippen LogP contribution in [0.1, 0.15) is 50.1 Å². The van der Waals surface area contributed by atoms with Gasteiger partial charge in [0.25, 0.3) is 10.0 Å². The maximum absolute atomic E-state index is 13.4. The van der Waals surface area contributed by atoms with Crippen molar-refractivity contribution in [3.05, 3.63) is 143 Å². The number of aryl methyl sites for hydroxylation is 2. The van der Waals surface area contributed by atoms with Crippen LogP contribution in [0, 0.1) is 13.8 Å². The lowest BCUT2D eigenvalue weighted by molar-refractivity contribution is 0.0696. The van der Waals surface area contributed by atoms with E-state index in [1.165, 1.54) is 13.2 Å². The summed E-state index contributed by atoms with van der Waals surface area (Å²) in [6.07, 6.45) is 2.48. The zero-order valence-corrected chi connectivity index (χ0v) is 25.7. The Kier molecular flexibility index (Phi) is 7.90. The van der Waals surface area contributed by atoms with E-state index >= 15 is 0 Å². The molecule has 0 atom stereocenters. The quantitative estimate of drug-likeness (QED) is 0.169. The van der Waals surface area contributed by atoms with Crippen LogP contribution in [-0.4, -0.2) is 36.3 Å². The molecule has 6 rings (SSSR count). The molecule has 0 saturated heterocycles. The van der Waals surface area contributed by atoms with Crippen LogP contribution in [0.3, 0.4) is 0 Å². The van der Waals surface area contributed by atoms with Crippen LogP contribution in [-0.2, 0) is 16.4 Å². The van der Waals surface area contributed by atoms with Crippen LogP contribution in [0.4, 0.5) is 5.69 Å². The Morgan fingerprint density at radius 1 is 0.933 bits per heavy atom. The van der Waals surface area contributed by atoms with Crippen molar-refractivity contribution in [1.82, 2.24) is 9.72 Å². The Labute approximate surface area is 260 Å². The van der Waals surface area contributed by atoms with Crippen molar-refractivity contribution in [1.29, 1.82) is 0 Å². The number of carboxylic acids is 1. The third-order valence-electron chi connectivity index (χ3n) is 7.83. The molecule has 0 fully saturated rings. The van der Waals surface area contributed by atoms with Gasteiger partial charge in [0, 0.05) is 29.2 Å². The summed E-state index contributed by atoms with van der Waals surface area (Å²) in [6, 6.07) is 30.5. The summed E-state index contributed by atoms with van der Waals surface area (Å²) < 4.78 is 42.4. The van der Waals surface area contributed by atoms with Crippen molar-refractivity contribution in [3.63, 3.8) is 0 Å². The van der Waals surface area contributed by atoms with E-state index in [1.807, 2.05) is 48.5 Å². The number of hydrogen-bond donors (Lipinski definition) is 2. The van der Waals surface area contributed by atoms with Crippen LogP contribution < -0.4 is 9.46 Å². The van der Waals surface area contributed by atoms with Gasteiger partial charge < -0.3 is 18.9 Å². The van der Waals surface area contributed by atoms with E-state index < -0.39 is 16.0 Å². The highest BCUT2D eigenvalue weighted by Gasteiger charge is 2.26. The van der Waals surface area contributed by atoms with E-state index in [0.717, 1.165) is 33.2 Å². The standard InChI is InChI=1S/C35H31N3O6S/c1-22-34(23(2)44-36-22)45(41,42)37-29-16-17-31-30(20-29)28(18-26-14-15-27(35(39)40)19-32(26)43-3)21-38(31)33(24-10-6-4-7-11-24)25-12-8-5-9-13-25/h4-17,19-21,33,37H,18H2,1-3H3,(H,39,40). The average Bonchev–Trinajstić information content (AvgIpc) is 3.56. The Balaban J connectivity index is 1.53. The first-order valence-electron chi connectivity index (χ1n) is 14.3. The topological polar surface area (TPSA) is 124 Å². The second-order valence-electron chi connectivity index (χ2n) is 10.8. The minimum Gasteiger partial charge on any atom is -0.496 e. The summed E-state index contributed by atoms with van der Waals surface area (Å²) in [6.45, 7) is 3.15. The van der Waals surface area contributed by atoms with Gasteiger partial charge in [-0.3, -0.25) is 4.72 Å². The number of aromatic nitrogens is 2. The number of rotatable bonds is 10. The van der Waals surface area contributed by atoms with Crippen molar-refractivity contribution in [2.24, 2.45) is 0 Å². The first kappa shape index (κ1) is 29.7. The molecule has 4 aromatic carbocycles. The smallest absolute Gasteiger partial charge is 0.335 e. The molecule has 2 heterocycles. The molecule has 45 heavy (non-hydrogen) atoms. The van der Waals surface area contributed by atoms with Gasteiger partial charge in [-0.05, 0) is 66.4 Å². The van der Waals surface area contributed by atoms with Crippen molar-refractivity contribution in [2.45, 2.75) is 31.2 Å². The summed E-state index contributed by atoms with van der Waals surface area (Å²) in [5, 5.41) is 14.1. The fourth-order valence-corrected chi connectivity index (χ4v) is 7.20. The predicted octanol–water partition coefficient (Wildman–Crippen LogP) is 6.98. The summed E-state index contributed by atoms with van der Waals surface area (Å²) in [5.41, 5.74) is 5.54. The molecule has 0 spiro atoms. The number of anilines is 1. The van der Waals surface area contributed by atoms with Crippen molar-refractivity contribution in [3.8, 4) is 5.75 Å². The third-order valence-corrected chi connectivity index (χ3v) is 9.45. The number of carboxylic acid groups (broad SMARTS) is 1. The number of aromatic carboxylic acids is 1. The zero-order valence-electron chi connectivity index (χ0n) is 24.9. The summed E-state index contributed by atoms with van der Waals surface area (Å²) in [7, 11) is -2.47. The summed E-state index contributed by atoms with van der Waals surface area (Å²) in [4.78, 5) is 11.6. The molecule has 9 nitrogen and oxygen atoms in total. The van der Waals surface area contributed by atoms with Crippen LogP contribution in [0.15, 0.2) is 113 Å². The number of benzene rings is 4. The van der Waals surface area contributed by atoms with Crippen LogP contribution in [0.2, 0.25) is 0 Å². The van der Waals surface area contributed by atoms with E-state index in [-0.39, 0.29) is 28.0 Å². The largest absolute Gasteiger partial charge is 0.496 e. The molecule has 10 heteroatoms. The lowest BCUT2D eigenvalue weighted by atomic mass is 9.98. The second kappa shape index (κ2) is 12.0. The molecule has 0 bridgehead atoms. The molecule has 0 aliphatic rings. The SMILES string of the molecule is COc1cc(C(=O)O)ccc1Cc1cn(C(c2ccccc2)c2ccccc2)c2ccc(NS(=O)(=O)c3c(C)noc3C)cc12. The number of carbonyl (C=O) groups is 1. The highest BCUT2D eigenvalue weighted by atomic mass is 32.2. The molecule has 0 aliphatic heterocycles. The molecule has 0 unspecified atom stereocenters. The van der Waals surface area contributed by atoms with Gasteiger partial charge in [-0.15, -0.1) is 0 Å². The number of fused-ring (bicyclic) bond motifs is 1. The third kappa shape index (κ3) is 5.80. The van der Waals surface area contributed by atoms with Crippen LogP contribution >= 0.6 is 0 Å². The maximum atomic E-state index is 13.4. The first-order valence-corrected chi connectivity index (χ1v) is 15.7. The molecule has 2 aromatic heterocycles. The molecular formula is C35H31N3O6S. The monoisotopic (exact) mass is 621 g/mol. The van der Waals surface area contributed by atoms with Crippen LogP contribution in [0.5, 0.6) is 5.75 Å². The van der Waals surface area contributed by atoms with Crippen molar-refractivity contribution < 1.29 is 27.6 Å². The Morgan fingerprint density at radius 2 is 1.60 bits per heavy atom. The fraction of sp³-hybridized carbons (Fsp3) is 0.143. The van der Waals surface area contributed by atoms with Gasteiger partial charge in [0.15, 0.2) is 10.7 Å². The fourth-order valence-electron chi connectivity index (χ4n) is 5.82. The second-order valence-corrected chi connectivity index (χ2v) is 12.4. The first-order chi connectivity index (χ1) is 21.7. The number of nitrogens with one attached hydrogen (secondary N) is 1. The van der Waals surface area contributed by atoms with Gasteiger partial charge in [-0.25, -0.2) is 13.2 Å². The number of ether oxygens (including phenoxy) is 1. The molecular weight excluding hydrogens is 590 g/mol. The number of hydrogen-bond acceptors (Lipinski definition) is 6. The molecule has 0 aliphatic carbocycles. The van der Waals surface area contributed by atoms with E-state index in [0.29, 0.717) is 17.9 Å². The van der Waals surface area contributed by atoms with Gasteiger partial charge in [0.05, 0.1) is 18.7 Å². The highest BCUT2D eigenvalue weighted by molar-refractivity contribution is 7.92. The summed E-state index contributed by atoms with van der Waals surface area (Å²) >= 11 is 0. The van der Waals surface area contributed by atoms with Crippen molar-refractivity contribution in [2.75, 3.05) is 11.8 Å².